The molecule has 0 unspecified atom stereocenters. The van der Waals surface area contributed by atoms with Crippen molar-refractivity contribution >= 4 is 23.2 Å². The first-order chi connectivity index (χ1) is 8.69. The highest BCUT2D eigenvalue weighted by Crippen LogP contribution is 2.28. The molecule has 0 radical (unpaired) electrons. The number of pyridine rings is 1. The molecule has 1 aromatic carbocycles. The molecule has 0 aliphatic carbocycles. The van der Waals surface area contributed by atoms with Gasteiger partial charge in [-0.1, -0.05) is 23.2 Å². The van der Waals surface area contributed by atoms with Crippen LogP contribution in [0, 0.1) is 0 Å². The van der Waals surface area contributed by atoms with Crippen LogP contribution in [0.2, 0.25) is 10.0 Å². The summed E-state index contributed by atoms with van der Waals surface area (Å²) in [6, 6.07) is 8.91. The van der Waals surface area contributed by atoms with E-state index >= 15 is 0 Å². The van der Waals surface area contributed by atoms with Crippen LogP contribution in [0.25, 0.3) is 0 Å². The molecule has 0 saturated carbocycles. The standard InChI is InChI=1S/C13H12Cl2N2O/c1-16-8-9-4-5-17-13(6-9)18-10-2-3-11(14)12(15)7-10/h2-7,16H,8H2,1H3. The summed E-state index contributed by atoms with van der Waals surface area (Å²) in [6.07, 6.45) is 1.71. The molecule has 1 N–H and O–H groups in total. The Morgan fingerprint density at radius 2 is 2.00 bits per heavy atom. The summed E-state index contributed by atoms with van der Waals surface area (Å²) in [7, 11) is 1.89. The summed E-state index contributed by atoms with van der Waals surface area (Å²) in [5, 5.41) is 4.03. The predicted octanol–water partition coefficient (Wildman–Crippen LogP) is 3.90. The highest BCUT2D eigenvalue weighted by atomic mass is 35.5. The van der Waals surface area contributed by atoms with Gasteiger partial charge in [-0.15, -0.1) is 0 Å². The van der Waals surface area contributed by atoms with Crippen molar-refractivity contribution in [1.29, 1.82) is 0 Å². The number of rotatable bonds is 4. The van der Waals surface area contributed by atoms with Gasteiger partial charge in [0, 0.05) is 24.9 Å². The van der Waals surface area contributed by atoms with Crippen molar-refractivity contribution < 1.29 is 4.74 Å². The number of nitrogens with zero attached hydrogens (tertiary/aromatic N) is 1. The smallest absolute Gasteiger partial charge is 0.219 e. The van der Waals surface area contributed by atoms with E-state index in [1.54, 1.807) is 24.4 Å². The maximum atomic E-state index is 5.92. The lowest BCUT2D eigenvalue weighted by Gasteiger charge is -2.07. The van der Waals surface area contributed by atoms with E-state index < -0.39 is 0 Å². The monoisotopic (exact) mass is 282 g/mol. The van der Waals surface area contributed by atoms with Gasteiger partial charge in [0.2, 0.25) is 5.88 Å². The van der Waals surface area contributed by atoms with E-state index in [2.05, 4.69) is 10.3 Å². The second-order valence-electron chi connectivity index (χ2n) is 3.71. The van der Waals surface area contributed by atoms with Crippen LogP contribution >= 0.6 is 23.2 Å². The highest BCUT2D eigenvalue weighted by Gasteiger charge is 2.03. The number of nitrogens with one attached hydrogen (secondary N) is 1. The maximum Gasteiger partial charge on any atom is 0.219 e. The van der Waals surface area contributed by atoms with Gasteiger partial charge in [0.25, 0.3) is 0 Å². The first kappa shape index (κ1) is 13.1. The van der Waals surface area contributed by atoms with Gasteiger partial charge >= 0.3 is 0 Å². The molecular formula is C13H12Cl2N2O. The molecule has 0 fully saturated rings. The average Bonchev–Trinajstić information content (AvgIpc) is 2.35. The summed E-state index contributed by atoms with van der Waals surface area (Å²) in [4.78, 5) is 4.14. The fourth-order valence-corrected chi connectivity index (χ4v) is 1.77. The van der Waals surface area contributed by atoms with Crippen LogP contribution in [-0.4, -0.2) is 12.0 Å². The Bertz CT molecular complexity index is 546. The summed E-state index contributed by atoms with van der Waals surface area (Å²) in [5.41, 5.74) is 1.10. The molecular weight excluding hydrogens is 271 g/mol. The van der Waals surface area contributed by atoms with Crippen LogP contribution in [-0.2, 0) is 6.54 Å². The van der Waals surface area contributed by atoms with Crippen molar-refractivity contribution in [2.75, 3.05) is 7.05 Å². The molecule has 1 heterocycles. The third kappa shape index (κ3) is 3.35. The van der Waals surface area contributed by atoms with Crippen LogP contribution in [0.15, 0.2) is 36.5 Å². The summed E-state index contributed by atoms with van der Waals surface area (Å²) in [6.45, 7) is 0.764. The number of hydrogen-bond acceptors (Lipinski definition) is 3. The van der Waals surface area contributed by atoms with E-state index in [9.17, 15) is 0 Å². The van der Waals surface area contributed by atoms with E-state index in [1.807, 2.05) is 19.2 Å². The van der Waals surface area contributed by atoms with Crippen LogP contribution in [0.4, 0.5) is 0 Å². The summed E-state index contributed by atoms with van der Waals surface area (Å²) < 4.78 is 5.62. The molecule has 2 aromatic rings. The fraction of sp³-hybridized carbons (Fsp3) is 0.154. The zero-order valence-corrected chi connectivity index (χ0v) is 11.3. The minimum Gasteiger partial charge on any atom is -0.439 e. The van der Waals surface area contributed by atoms with Crippen molar-refractivity contribution in [2.24, 2.45) is 0 Å². The van der Waals surface area contributed by atoms with E-state index in [-0.39, 0.29) is 0 Å². The van der Waals surface area contributed by atoms with Crippen molar-refractivity contribution in [1.82, 2.24) is 10.3 Å². The molecule has 3 nitrogen and oxygen atoms in total. The number of aromatic nitrogens is 1. The molecule has 5 heteroatoms. The molecule has 2 rings (SSSR count). The Hall–Kier alpha value is -1.29. The van der Waals surface area contributed by atoms with E-state index in [0.29, 0.717) is 21.7 Å². The van der Waals surface area contributed by atoms with Gasteiger partial charge in [-0.05, 0) is 30.8 Å². The van der Waals surface area contributed by atoms with Crippen LogP contribution in [0.3, 0.4) is 0 Å². The first-order valence-electron chi connectivity index (χ1n) is 5.41. The minimum atomic E-state index is 0.459. The quantitative estimate of drug-likeness (QED) is 0.924. The number of ether oxygens (including phenoxy) is 1. The second-order valence-corrected chi connectivity index (χ2v) is 4.53. The largest absolute Gasteiger partial charge is 0.439 e. The molecule has 0 aliphatic heterocycles. The molecule has 0 bridgehead atoms. The Balaban J connectivity index is 2.17. The van der Waals surface area contributed by atoms with E-state index in [4.69, 9.17) is 27.9 Å². The van der Waals surface area contributed by atoms with Gasteiger partial charge in [0.05, 0.1) is 10.0 Å². The van der Waals surface area contributed by atoms with E-state index in [1.165, 1.54) is 0 Å². The maximum absolute atomic E-state index is 5.92. The molecule has 0 saturated heterocycles. The molecule has 0 spiro atoms. The molecule has 0 atom stereocenters. The van der Waals surface area contributed by atoms with Crippen molar-refractivity contribution in [3.05, 3.63) is 52.1 Å². The Morgan fingerprint density at radius 1 is 1.17 bits per heavy atom. The Morgan fingerprint density at radius 3 is 2.72 bits per heavy atom. The van der Waals surface area contributed by atoms with Gasteiger partial charge in [0.15, 0.2) is 0 Å². The Labute approximate surface area is 116 Å². The average molecular weight is 283 g/mol. The lowest BCUT2D eigenvalue weighted by molar-refractivity contribution is 0.462. The third-order valence-electron chi connectivity index (χ3n) is 2.29. The van der Waals surface area contributed by atoms with Gasteiger partial charge in [-0.3, -0.25) is 0 Å². The zero-order chi connectivity index (χ0) is 13.0. The first-order valence-corrected chi connectivity index (χ1v) is 6.17. The number of halogens is 2. The van der Waals surface area contributed by atoms with E-state index in [0.717, 1.165) is 12.1 Å². The molecule has 94 valence electrons. The zero-order valence-electron chi connectivity index (χ0n) is 9.78. The molecule has 18 heavy (non-hydrogen) atoms. The number of benzene rings is 1. The summed E-state index contributed by atoms with van der Waals surface area (Å²) >= 11 is 11.8. The van der Waals surface area contributed by atoms with Gasteiger partial charge in [-0.25, -0.2) is 4.98 Å². The van der Waals surface area contributed by atoms with Crippen LogP contribution in [0.1, 0.15) is 5.56 Å². The van der Waals surface area contributed by atoms with Gasteiger partial charge < -0.3 is 10.1 Å². The van der Waals surface area contributed by atoms with Crippen molar-refractivity contribution in [2.45, 2.75) is 6.54 Å². The number of hydrogen-bond donors (Lipinski definition) is 1. The third-order valence-corrected chi connectivity index (χ3v) is 3.03. The van der Waals surface area contributed by atoms with Gasteiger partial charge in [-0.2, -0.15) is 0 Å². The summed E-state index contributed by atoms with van der Waals surface area (Å²) in [5.74, 6) is 1.14. The van der Waals surface area contributed by atoms with Gasteiger partial charge in [0.1, 0.15) is 5.75 Å². The second kappa shape index (κ2) is 6.05. The molecule has 1 aromatic heterocycles. The SMILES string of the molecule is CNCc1ccnc(Oc2ccc(Cl)c(Cl)c2)c1. The van der Waals surface area contributed by atoms with Crippen LogP contribution in [0.5, 0.6) is 11.6 Å². The fourth-order valence-electron chi connectivity index (χ4n) is 1.48. The highest BCUT2D eigenvalue weighted by molar-refractivity contribution is 6.42. The normalized spacial score (nSPS) is 10.4. The lowest BCUT2D eigenvalue weighted by atomic mass is 10.2. The Kier molecular flexibility index (Phi) is 4.42. The van der Waals surface area contributed by atoms with Crippen LogP contribution < -0.4 is 10.1 Å². The molecule has 0 aliphatic rings. The topological polar surface area (TPSA) is 34.2 Å². The minimum absolute atomic E-state index is 0.459. The van der Waals surface area contributed by atoms with Crippen molar-refractivity contribution in [3.63, 3.8) is 0 Å². The van der Waals surface area contributed by atoms with Crippen molar-refractivity contribution in [3.8, 4) is 11.6 Å². The predicted molar refractivity (Wildman–Crippen MR) is 73.5 cm³/mol. The lowest BCUT2D eigenvalue weighted by Crippen LogP contribution is -2.05. The molecule has 0 amide bonds.